The smallest absolute Gasteiger partial charge is 0.0597 e. The van der Waals surface area contributed by atoms with Crippen LogP contribution in [0.3, 0.4) is 0 Å². The molecule has 106 valence electrons. The summed E-state index contributed by atoms with van der Waals surface area (Å²) < 4.78 is 0. The van der Waals surface area contributed by atoms with Gasteiger partial charge in [-0.25, -0.2) is 0 Å². The first-order chi connectivity index (χ1) is 9.65. The van der Waals surface area contributed by atoms with Crippen LogP contribution in [0.5, 0.6) is 0 Å². The molecule has 0 spiro atoms. The lowest BCUT2D eigenvalue weighted by molar-refractivity contribution is 0.342. The van der Waals surface area contributed by atoms with Gasteiger partial charge >= 0.3 is 0 Å². The Hall–Kier alpha value is -1.80. The molecule has 2 aromatic rings. The Morgan fingerprint density at radius 3 is 2.25 bits per heavy atom. The fraction of sp³-hybridized carbons (Fsp3) is 0.333. The zero-order valence-corrected chi connectivity index (χ0v) is 12.9. The third-order valence-electron chi connectivity index (χ3n) is 3.71. The summed E-state index contributed by atoms with van der Waals surface area (Å²) in [7, 11) is 6.22. The molecule has 2 heteroatoms. The van der Waals surface area contributed by atoms with Crippen molar-refractivity contribution in [3.63, 3.8) is 0 Å². The molecule has 2 aromatic carbocycles. The van der Waals surface area contributed by atoms with E-state index in [1.807, 2.05) is 7.05 Å². The van der Waals surface area contributed by atoms with Crippen molar-refractivity contribution in [2.24, 2.45) is 0 Å². The topological polar surface area (TPSA) is 15.3 Å². The van der Waals surface area contributed by atoms with Crippen molar-refractivity contribution in [1.82, 2.24) is 4.90 Å². The number of aryl methyl sites for hydroxylation is 1. The summed E-state index contributed by atoms with van der Waals surface area (Å²) in [6.07, 6.45) is 1.09. The van der Waals surface area contributed by atoms with Crippen molar-refractivity contribution in [2.75, 3.05) is 26.5 Å². The third-order valence-corrected chi connectivity index (χ3v) is 3.71. The summed E-state index contributed by atoms with van der Waals surface area (Å²) in [5, 5.41) is 3.21. The molecule has 0 radical (unpaired) electrons. The molecule has 0 bridgehead atoms. The molecule has 1 unspecified atom stereocenters. The Morgan fingerprint density at radius 2 is 1.70 bits per heavy atom. The summed E-state index contributed by atoms with van der Waals surface area (Å²) in [4.78, 5) is 2.26. The minimum absolute atomic E-state index is 0.286. The molecule has 0 aliphatic rings. The predicted molar refractivity (Wildman–Crippen MR) is 87.3 cm³/mol. The second-order valence-corrected chi connectivity index (χ2v) is 5.34. The number of rotatable bonds is 5. The Morgan fingerprint density at radius 1 is 1.00 bits per heavy atom. The highest BCUT2D eigenvalue weighted by atomic mass is 15.1. The maximum absolute atomic E-state index is 3.21. The van der Waals surface area contributed by atoms with E-state index in [1.165, 1.54) is 16.7 Å². The second kappa shape index (κ2) is 6.58. The van der Waals surface area contributed by atoms with E-state index in [2.05, 4.69) is 79.8 Å². The summed E-state index contributed by atoms with van der Waals surface area (Å²) in [6, 6.07) is 17.9. The third kappa shape index (κ3) is 3.20. The van der Waals surface area contributed by atoms with Gasteiger partial charge in [-0.3, -0.25) is 4.90 Å². The first-order valence-corrected chi connectivity index (χ1v) is 7.18. The molecular formula is C18H24N2. The van der Waals surface area contributed by atoms with Crippen LogP contribution >= 0.6 is 0 Å². The van der Waals surface area contributed by atoms with E-state index < -0.39 is 0 Å². The highest BCUT2D eigenvalue weighted by molar-refractivity contribution is 5.47. The van der Waals surface area contributed by atoms with Gasteiger partial charge in [-0.05, 0) is 49.3 Å². The molecule has 1 atom stereocenters. The van der Waals surface area contributed by atoms with Gasteiger partial charge in [-0.2, -0.15) is 0 Å². The monoisotopic (exact) mass is 268 g/mol. The van der Waals surface area contributed by atoms with E-state index in [-0.39, 0.29) is 6.04 Å². The lowest BCUT2D eigenvalue weighted by Gasteiger charge is -2.26. The van der Waals surface area contributed by atoms with Crippen molar-refractivity contribution in [2.45, 2.75) is 19.4 Å². The number of nitrogens with zero attached hydrogens (tertiary/aromatic N) is 1. The van der Waals surface area contributed by atoms with Crippen LogP contribution in [0.2, 0.25) is 0 Å². The standard InChI is InChI=1S/C18H24N2/c1-5-14-9-11-15(12-10-14)18(20(3)4)16-7-6-8-17(13-16)19-2/h6-13,18-19H,5H2,1-4H3. The highest BCUT2D eigenvalue weighted by Gasteiger charge is 2.16. The molecule has 0 fully saturated rings. The fourth-order valence-electron chi connectivity index (χ4n) is 2.59. The molecule has 20 heavy (non-hydrogen) atoms. The minimum Gasteiger partial charge on any atom is -0.388 e. The molecule has 2 nitrogen and oxygen atoms in total. The van der Waals surface area contributed by atoms with Crippen molar-refractivity contribution >= 4 is 5.69 Å². The Balaban J connectivity index is 2.39. The molecule has 1 N–H and O–H groups in total. The maximum Gasteiger partial charge on any atom is 0.0597 e. The van der Waals surface area contributed by atoms with Gasteiger partial charge < -0.3 is 5.32 Å². The summed E-state index contributed by atoms with van der Waals surface area (Å²) >= 11 is 0. The van der Waals surface area contributed by atoms with Crippen LogP contribution in [0, 0.1) is 0 Å². The largest absolute Gasteiger partial charge is 0.388 e. The van der Waals surface area contributed by atoms with Gasteiger partial charge in [0.15, 0.2) is 0 Å². The summed E-state index contributed by atoms with van der Waals surface area (Å²) in [5.41, 5.74) is 5.18. The number of hydrogen-bond donors (Lipinski definition) is 1. The molecular weight excluding hydrogens is 244 g/mol. The van der Waals surface area contributed by atoms with Crippen molar-refractivity contribution in [3.8, 4) is 0 Å². The van der Waals surface area contributed by atoms with Crippen molar-refractivity contribution in [1.29, 1.82) is 0 Å². The van der Waals surface area contributed by atoms with E-state index in [9.17, 15) is 0 Å². The molecule has 0 saturated carbocycles. The number of nitrogens with one attached hydrogen (secondary N) is 1. The molecule has 0 aliphatic carbocycles. The molecule has 0 amide bonds. The minimum atomic E-state index is 0.286. The van der Waals surface area contributed by atoms with Gasteiger partial charge in [0.2, 0.25) is 0 Å². The second-order valence-electron chi connectivity index (χ2n) is 5.34. The lowest BCUT2D eigenvalue weighted by Crippen LogP contribution is -2.21. The average Bonchev–Trinajstić information content (AvgIpc) is 2.48. The maximum atomic E-state index is 3.21. The Labute approximate surface area is 122 Å². The van der Waals surface area contributed by atoms with Crippen LogP contribution < -0.4 is 5.32 Å². The molecule has 0 aliphatic heterocycles. The Bertz CT molecular complexity index is 544. The predicted octanol–water partition coefficient (Wildman–Crippen LogP) is 3.94. The van der Waals surface area contributed by atoms with Gasteiger partial charge in [-0.1, -0.05) is 43.3 Å². The van der Waals surface area contributed by atoms with Gasteiger partial charge in [0.1, 0.15) is 0 Å². The van der Waals surface area contributed by atoms with Crippen LogP contribution in [0.1, 0.15) is 29.7 Å². The molecule has 2 rings (SSSR count). The van der Waals surface area contributed by atoms with Gasteiger partial charge in [0, 0.05) is 12.7 Å². The van der Waals surface area contributed by atoms with E-state index in [0.29, 0.717) is 0 Å². The summed E-state index contributed by atoms with van der Waals surface area (Å²) in [5.74, 6) is 0. The first-order valence-electron chi connectivity index (χ1n) is 7.18. The van der Waals surface area contributed by atoms with E-state index in [1.54, 1.807) is 0 Å². The fourth-order valence-corrected chi connectivity index (χ4v) is 2.59. The Kier molecular flexibility index (Phi) is 4.80. The first kappa shape index (κ1) is 14.6. The SMILES string of the molecule is CCc1ccc(C(c2cccc(NC)c2)N(C)C)cc1. The quantitative estimate of drug-likeness (QED) is 0.883. The zero-order chi connectivity index (χ0) is 14.5. The molecule has 0 heterocycles. The number of hydrogen-bond acceptors (Lipinski definition) is 2. The highest BCUT2D eigenvalue weighted by Crippen LogP contribution is 2.28. The van der Waals surface area contributed by atoms with Crippen molar-refractivity contribution in [3.05, 3.63) is 65.2 Å². The van der Waals surface area contributed by atoms with Gasteiger partial charge in [0.25, 0.3) is 0 Å². The van der Waals surface area contributed by atoms with E-state index >= 15 is 0 Å². The normalized spacial score (nSPS) is 12.4. The lowest BCUT2D eigenvalue weighted by atomic mass is 9.96. The van der Waals surface area contributed by atoms with E-state index in [4.69, 9.17) is 0 Å². The molecule has 0 aromatic heterocycles. The average molecular weight is 268 g/mol. The summed E-state index contributed by atoms with van der Waals surface area (Å²) in [6.45, 7) is 2.19. The van der Waals surface area contributed by atoms with Crippen LogP contribution in [-0.4, -0.2) is 26.0 Å². The van der Waals surface area contributed by atoms with Gasteiger partial charge in [0.05, 0.1) is 6.04 Å². The number of benzene rings is 2. The van der Waals surface area contributed by atoms with Crippen LogP contribution in [0.4, 0.5) is 5.69 Å². The van der Waals surface area contributed by atoms with Crippen molar-refractivity contribution < 1.29 is 0 Å². The zero-order valence-electron chi connectivity index (χ0n) is 12.9. The van der Waals surface area contributed by atoms with Gasteiger partial charge in [-0.15, -0.1) is 0 Å². The number of anilines is 1. The molecule has 0 saturated heterocycles. The van der Waals surface area contributed by atoms with E-state index in [0.717, 1.165) is 12.1 Å². The van der Waals surface area contributed by atoms with Crippen LogP contribution in [0.15, 0.2) is 48.5 Å². The van der Waals surface area contributed by atoms with Crippen LogP contribution in [-0.2, 0) is 6.42 Å². The van der Waals surface area contributed by atoms with Crippen LogP contribution in [0.25, 0.3) is 0 Å².